The normalized spacial score (nSPS) is 13.7. The highest BCUT2D eigenvalue weighted by molar-refractivity contribution is 7.89. The predicted octanol–water partition coefficient (Wildman–Crippen LogP) is 3.14. The van der Waals surface area contributed by atoms with Gasteiger partial charge in [0.15, 0.2) is 0 Å². The van der Waals surface area contributed by atoms with E-state index < -0.39 is 16.9 Å². The lowest BCUT2D eigenvalue weighted by molar-refractivity contribution is 0.180. The second-order valence-corrected chi connectivity index (χ2v) is 6.21. The summed E-state index contributed by atoms with van der Waals surface area (Å²) >= 11 is 0. The van der Waals surface area contributed by atoms with E-state index in [9.17, 15) is 9.32 Å². The van der Waals surface area contributed by atoms with Gasteiger partial charge in [0, 0.05) is 28.6 Å². The minimum atomic E-state index is -1.31. The summed E-state index contributed by atoms with van der Waals surface area (Å²) in [6.07, 6.45) is 2.78. The molecule has 1 aromatic heterocycles. The van der Waals surface area contributed by atoms with Gasteiger partial charge in [0.2, 0.25) is 0 Å². The standard InChI is InChI=1S/C16H17NO2S/c1-12-5-7-15(8-6-12)20(19)13(2)10-16(18)14-4-3-9-17-11-14/h3-9,11,16,18H,2,10H2,1H3/t16-,20-/m1/s1. The number of rotatable bonds is 5. The molecule has 2 aromatic rings. The zero-order valence-corrected chi connectivity index (χ0v) is 12.1. The lowest BCUT2D eigenvalue weighted by atomic mass is 10.1. The maximum absolute atomic E-state index is 12.3. The largest absolute Gasteiger partial charge is 0.388 e. The van der Waals surface area contributed by atoms with Crippen molar-refractivity contribution in [1.82, 2.24) is 4.98 Å². The molecule has 0 aliphatic heterocycles. The Bertz CT molecular complexity index is 608. The van der Waals surface area contributed by atoms with Crippen LogP contribution >= 0.6 is 0 Å². The van der Waals surface area contributed by atoms with Crippen molar-refractivity contribution in [2.24, 2.45) is 0 Å². The Hall–Kier alpha value is -1.78. The van der Waals surface area contributed by atoms with Crippen LogP contribution in [0, 0.1) is 6.92 Å². The molecule has 0 spiro atoms. The third-order valence-electron chi connectivity index (χ3n) is 2.99. The molecule has 0 saturated heterocycles. The molecule has 1 N–H and O–H groups in total. The summed E-state index contributed by atoms with van der Waals surface area (Å²) in [6.45, 7) is 5.82. The average Bonchev–Trinajstić information content (AvgIpc) is 2.48. The molecule has 1 aromatic carbocycles. The van der Waals surface area contributed by atoms with Gasteiger partial charge in [0.25, 0.3) is 0 Å². The zero-order chi connectivity index (χ0) is 14.5. The molecule has 1 heterocycles. The van der Waals surface area contributed by atoms with Crippen LogP contribution < -0.4 is 0 Å². The average molecular weight is 287 g/mol. The molecule has 0 radical (unpaired) electrons. The van der Waals surface area contributed by atoms with Gasteiger partial charge in [0.05, 0.1) is 16.9 Å². The first-order valence-electron chi connectivity index (χ1n) is 6.32. The molecule has 2 rings (SSSR count). The van der Waals surface area contributed by atoms with Crippen LogP contribution in [-0.4, -0.2) is 14.3 Å². The highest BCUT2D eigenvalue weighted by Gasteiger charge is 2.14. The van der Waals surface area contributed by atoms with Gasteiger partial charge in [-0.3, -0.25) is 4.98 Å². The summed E-state index contributed by atoms with van der Waals surface area (Å²) < 4.78 is 12.3. The van der Waals surface area contributed by atoms with E-state index in [2.05, 4.69) is 11.6 Å². The molecule has 20 heavy (non-hydrogen) atoms. The van der Waals surface area contributed by atoms with Crippen molar-refractivity contribution >= 4 is 10.8 Å². The third kappa shape index (κ3) is 3.62. The molecule has 0 aliphatic carbocycles. The number of benzene rings is 1. The number of aromatic nitrogens is 1. The summed E-state index contributed by atoms with van der Waals surface area (Å²) in [7, 11) is -1.31. The molecule has 0 fully saturated rings. The fraction of sp³-hybridized carbons (Fsp3) is 0.188. The summed E-state index contributed by atoms with van der Waals surface area (Å²) in [4.78, 5) is 5.17. The predicted molar refractivity (Wildman–Crippen MR) is 80.5 cm³/mol. The first-order chi connectivity index (χ1) is 9.58. The highest BCUT2D eigenvalue weighted by atomic mass is 32.2. The van der Waals surface area contributed by atoms with Crippen LogP contribution in [0.5, 0.6) is 0 Å². The molecule has 2 atom stereocenters. The number of aliphatic hydroxyl groups excluding tert-OH is 1. The van der Waals surface area contributed by atoms with Crippen LogP contribution in [0.4, 0.5) is 0 Å². The zero-order valence-electron chi connectivity index (χ0n) is 11.3. The van der Waals surface area contributed by atoms with Crippen molar-refractivity contribution in [3.63, 3.8) is 0 Å². The molecular formula is C16H17NO2S. The van der Waals surface area contributed by atoms with Gasteiger partial charge in [0.1, 0.15) is 0 Å². The molecule has 0 amide bonds. The van der Waals surface area contributed by atoms with E-state index in [1.807, 2.05) is 31.2 Å². The van der Waals surface area contributed by atoms with Crippen molar-refractivity contribution in [2.45, 2.75) is 24.3 Å². The smallest absolute Gasteiger partial charge is 0.0851 e. The monoisotopic (exact) mass is 287 g/mol. The second kappa shape index (κ2) is 6.59. The summed E-state index contributed by atoms with van der Waals surface area (Å²) in [5.74, 6) is 0. The van der Waals surface area contributed by atoms with Crippen LogP contribution in [0.1, 0.15) is 23.7 Å². The number of pyridine rings is 1. The number of aliphatic hydroxyl groups is 1. The fourth-order valence-electron chi connectivity index (χ4n) is 1.81. The number of hydrogen-bond acceptors (Lipinski definition) is 3. The summed E-state index contributed by atoms with van der Waals surface area (Å²) in [5.41, 5.74) is 1.82. The van der Waals surface area contributed by atoms with E-state index in [0.717, 1.165) is 5.56 Å². The van der Waals surface area contributed by atoms with Crippen LogP contribution in [0.3, 0.4) is 0 Å². The van der Waals surface area contributed by atoms with Gasteiger partial charge < -0.3 is 5.11 Å². The molecule has 3 nitrogen and oxygen atoms in total. The van der Waals surface area contributed by atoms with E-state index in [0.29, 0.717) is 15.4 Å². The van der Waals surface area contributed by atoms with Crippen LogP contribution in [0.25, 0.3) is 0 Å². The Morgan fingerprint density at radius 1 is 1.35 bits per heavy atom. The van der Waals surface area contributed by atoms with Crippen molar-refractivity contribution in [2.75, 3.05) is 0 Å². The lowest BCUT2D eigenvalue weighted by Crippen LogP contribution is -2.03. The molecule has 0 aliphatic rings. The SMILES string of the molecule is C=C(C[C@@H](O)c1cccnc1)[S@@](=O)c1ccc(C)cc1. The molecule has 104 valence electrons. The quantitative estimate of drug-likeness (QED) is 0.919. The van der Waals surface area contributed by atoms with Crippen molar-refractivity contribution in [3.8, 4) is 0 Å². The highest BCUT2D eigenvalue weighted by Crippen LogP contribution is 2.24. The lowest BCUT2D eigenvalue weighted by Gasteiger charge is -2.12. The van der Waals surface area contributed by atoms with E-state index in [1.165, 1.54) is 0 Å². The summed E-state index contributed by atoms with van der Waals surface area (Å²) in [5, 5.41) is 10.1. The van der Waals surface area contributed by atoms with Crippen LogP contribution in [0.15, 0.2) is 65.2 Å². The third-order valence-corrected chi connectivity index (χ3v) is 4.38. The Morgan fingerprint density at radius 2 is 2.05 bits per heavy atom. The van der Waals surface area contributed by atoms with Gasteiger partial charge in [-0.2, -0.15) is 0 Å². The number of aryl methyl sites for hydroxylation is 1. The summed E-state index contributed by atoms with van der Waals surface area (Å²) in [6, 6.07) is 11.0. The first kappa shape index (κ1) is 14.6. The van der Waals surface area contributed by atoms with Gasteiger partial charge >= 0.3 is 0 Å². The van der Waals surface area contributed by atoms with Crippen molar-refractivity contribution < 1.29 is 9.32 Å². The Balaban J connectivity index is 2.05. The Morgan fingerprint density at radius 3 is 2.65 bits per heavy atom. The Kier molecular flexibility index (Phi) is 4.82. The van der Waals surface area contributed by atoms with E-state index in [1.54, 1.807) is 24.5 Å². The van der Waals surface area contributed by atoms with Gasteiger partial charge in [-0.1, -0.05) is 30.3 Å². The van der Waals surface area contributed by atoms with E-state index in [4.69, 9.17) is 0 Å². The molecule has 4 heteroatoms. The molecule has 0 saturated carbocycles. The van der Waals surface area contributed by atoms with Crippen molar-refractivity contribution in [1.29, 1.82) is 0 Å². The van der Waals surface area contributed by atoms with Gasteiger partial charge in [-0.25, -0.2) is 4.21 Å². The number of hydrogen-bond donors (Lipinski definition) is 1. The fourth-order valence-corrected chi connectivity index (χ4v) is 2.84. The van der Waals surface area contributed by atoms with E-state index >= 15 is 0 Å². The van der Waals surface area contributed by atoms with Gasteiger partial charge in [-0.05, 0) is 30.7 Å². The van der Waals surface area contributed by atoms with Crippen LogP contribution in [0.2, 0.25) is 0 Å². The maximum atomic E-state index is 12.3. The Labute approximate surface area is 121 Å². The minimum absolute atomic E-state index is 0.256. The molecule has 0 unspecified atom stereocenters. The van der Waals surface area contributed by atoms with E-state index in [-0.39, 0.29) is 6.42 Å². The minimum Gasteiger partial charge on any atom is -0.388 e. The number of nitrogens with zero attached hydrogens (tertiary/aromatic N) is 1. The topological polar surface area (TPSA) is 50.2 Å². The van der Waals surface area contributed by atoms with Crippen LogP contribution in [-0.2, 0) is 10.8 Å². The first-order valence-corrected chi connectivity index (χ1v) is 7.47. The molecular weight excluding hydrogens is 270 g/mol. The molecule has 0 bridgehead atoms. The second-order valence-electron chi connectivity index (χ2n) is 4.63. The maximum Gasteiger partial charge on any atom is 0.0851 e. The van der Waals surface area contributed by atoms with Crippen molar-refractivity contribution in [3.05, 3.63) is 71.4 Å². The van der Waals surface area contributed by atoms with Gasteiger partial charge in [-0.15, -0.1) is 0 Å².